The molecule has 0 aliphatic rings. The van der Waals surface area contributed by atoms with Gasteiger partial charge in [0.25, 0.3) is 0 Å². The number of aromatic nitrogens is 4. The zero-order chi connectivity index (χ0) is 14.1. The molecular formula is C14H16N6. The number of imidazole rings is 1. The quantitative estimate of drug-likeness (QED) is 0.712. The number of hydrogen-bond donors (Lipinski definition) is 2. The average molecular weight is 268 g/mol. The van der Waals surface area contributed by atoms with Crippen LogP contribution >= 0.6 is 0 Å². The Kier molecular flexibility index (Phi) is 2.98. The maximum absolute atomic E-state index is 5.84. The smallest absolute Gasteiger partial charge is 0.159 e. The predicted octanol–water partition coefficient (Wildman–Crippen LogP) is 2.22. The van der Waals surface area contributed by atoms with Gasteiger partial charge in [0, 0.05) is 11.7 Å². The average Bonchev–Trinajstić information content (AvgIpc) is 2.81. The molecule has 6 heteroatoms. The van der Waals surface area contributed by atoms with Crippen LogP contribution in [0.15, 0.2) is 36.9 Å². The molecule has 1 aromatic carbocycles. The van der Waals surface area contributed by atoms with Crippen molar-refractivity contribution < 1.29 is 0 Å². The summed E-state index contributed by atoms with van der Waals surface area (Å²) in [5, 5.41) is 3.23. The summed E-state index contributed by atoms with van der Waals surface area (Å²) < 4.78 is 1.88. The first-order valence-electron chi connectivity index (χ1n) is 6.45. The molecule has 6 nitrogen and oxygen atoms in total. The molecule has 3 aromatic rings. The Morgan fingerprint density at radius 3 is 2.90 bits per heavy atom. The van der Waals surface area contributed by atoms with E-state index in [1.807, 2.05) is 22.8 Å². The second-order valence-corrected chi connectivity index (χ2v) is 4.92. The number of hydrogen-bond acceptors (Lipinski definition) is 5. The summed E-state index contributed by atoms with van der Waals surface area (Å²) in [4.78, 5) is 13.1. The van der Waals surface area contributed by atoms with Crippen molar-refractivity contribution in [3.05, 3.63) is 36.9 Å². The van der Waals surface area contributed by atoms with E-state index in [0.717, 1.165) is 16.9 Å². The molecule has 3 N–H and O–H groups in total. The topological polar surface area (TPSA) is 81.7 Å². The van der Waals surface area contributed by atoms with Gasteiger partial charge in [0.1, 0.15) is 12.1 Å². The maximum atomic E-state index is 5.84. The molecular weight excluding hydrogens is 252 g/mol. The second kappa shape index (κ2) is 4.80. The van der Waals surface area contributed by atoms with Crippen molar-refractivity contribution in [2.75, 3.05) is 11.1 Å². The van der Waals surface area contributed by atoms with Gasteiger partial charge < -0.3 is 11.1 Å². The normalized spacial score (nSPS) is 11.2. The number of nitrogen functional groups attached to an aromatic ring is 1. The van der Waals surface area contributed by atoms with Crippen molar-refractivity contribution in [1.82, 2.24) is 19.5 Å². The Labute approximate surface area is 116 Å². The van der Waals surface area contributed by atoms with Crippen LogP contribution in [0.5, 0.6) is 0 Å². The highest BCUT2D eigenvalue weighted by Gasteiger charge is 2.07. The van der Waals surface area contributed by atoms with Crippen LogP contribution in [-0.4, -0.2) is 25.6 Å². The van der Waals surface area contributed by atoms with Crippen molar-refractivity contribution in [1.29, 1.82) is 0 Å². The van der Waals surface area contributed by atoms with Crippen LogP contribution in [0.25, 0.3) is 16.9 Å². The summed E-state index contributed by atoms with van der Waals surface area (Å²) in [6.07, 6.45) is 5.14. The highest BCUT2D eigenvalue weighted by molar-refractivity contribution is 5.80. The van der Waals surface area contributed by atoms with E-state index in [2.05, 4.69) is 34.1 Å². The highest BCUT2D eigenvalue weighted by Crippen LogP contribution is 2.19. The molecule has 0 aliphatic heterocycles. The van der Waals surface area contributed by atoms with Gasteiger partial charge in [0.2, 0.25) is 0 Å². The van der Waals surface area contributed by atoms with Crippen LogP contribution in [0.2, 0.25) is 0 Å². The fraction of sp³-hybridized carbons (Fsp3) is 0.214. The summed E-state index contributed by atoms with van der Waals surface area (Å²) in [7, 11) is 0. The fourth-order valence-corrected chi connectivity index (χ4v) is 2.04. The van der Waals surface area contributed by atoms with Crippen molar-refractivity contribution in [2.45, 2.75) is 19.9 Å². The molecule has 0 spiro atoms. The highest BCUT2D eigenvalue weighted by atomic mass is 15.2. The predicted molar refractivity (Wildman–Crippen MR) is 79.8 cm³/mol. The molecule has 20 heavy (non-hydrogen) atoms. The van der Waals surface area contributed by atoms with E-state index in [1.54, 1.807) is 18.7 Å². The number of fused-ring (bicyclic) bond motifs is 1. The summed E-state index contributed by atoms with van der Waals surface area (Å²) in [5.41, 5.74) is 8.33. The number of nitrogens with zero attached hydrogens (tertiary/aromatic N) is 4. The molecule has 0 saturated carbocycles. The summed E-state index contributed by atoms with van der Waals surface area (Å²) in [5.74, 6) is 1.45. The molecule has 0 amide bonds. The molecule has 0 aliphatic carbocycles. The number of nitrogens with one attached hydrogen (secondary N) is 1. The third kappa shape index (κ3) is 2.27. The zero-order valence-corrected chi connectivity index (χ0v) is 11.4. The van der Waals surface area contributed by atoms with Crippen molar-refractivity contribution in [3.8, 4) is 5.82 Å². The lowest BCUT2D eigenvalue weighted by molar-refractivity contribution is 0.878. The Morgan fingerprint density at radius 1 is 1.25 bits per heavy atom. The van der Waals surface area contributed by atoms with Gasteiger partial charge in [-0.25, -0.2) is 9.97 Å². The Balaban J connectivity index is 2.08. The minimum atomic E-state index is 0.301. The van der Waals surface area contributed by atoms with Gasteiger partial charge in [-0.2, -0.15) is 0 Å². The molecule has 0 atom stereocenters. The van der Waals surface area contributed by atoms with Crippen LogP contribution < -0.4 is 11.1 Å². The van der Waals surface area contributed by atoms with Crippen LogP contribution in [-0.2, 0) is 0 Å². The van der Waals surface area contributed by atoms with Gasteiger partial charge >= 0.3 is 0 Å². The van der Waals surface area contributed by atoms with E-state index in [1.165, 1.54) is 0 Å². The van der Waals surface area contributed by atoms with Crippen LogP contribution in [0, 0.1) is 0 Å². The van der Waals surface area contributed by atoms with Crippen LogP contribution in [0.3, 0.4) is 0 Å². The van der Waals surface area contributed by atoms with E-state index >= 15 is 0 Å². The van der Waals surface area contributed by atoms with Gasteiger partial charge in [-0.1, -0.05) is 0 Å². The standard InChI is InChI=1S/C14H16N6/c1-9(2)18-13-6-16-7-14(19-13)20-8-17-11-4-3-10(15)5-12(11)20/h3-9H,15H2,1-2H3,(H,18,19). The summed E-state index contributed by atoms with van der Waals surface area (Å²) >= 11 is 0. The monoisotopic (exact) mass is 268 g/mol. The largest absolute Gasteiger partial charge is 0.399 e. The molecule has 2 heterocycles. The lowest BCUT2D eigenvalue weighted by Gasteiger charge is -2.10. The third-order valence-corrected chi connectivity index (χ3v) is 2.88. The lowest BCUT2D eigenvalue weighted by atomic mass is 10.3. The number of benzene rings is 1. The first-order valence-corrected chi connectivity index (χ1v) is 6.45. The Bertz CT molecular complexity index is 746. The molecule has 0 fully saturated rings. The van der Waals surface area contributed by atoms with E-state index in [9.17, 15) is 0 Å². The first-order chi connectivity index (χ1) is 9.63. The zero-order valence-electron chi connectivity index (χ0n) is 11.4. The summed E-state index contributed by atoms with van der Waals surface area (Å²) in [6.45, 7) is 4.11. The van der Waals surface area contributed by atoms with E-state index in [-0.39, 0.29) is 0 Å². The van der Waals surface area contributed by atoms with E-state index < -0.39 is 0 Å². The van der Waals surface area contributed by atoms with E-state index in [4.69, 9.17) is 5.73 Å². The van der Waals surface area contributed by atoms with Gasteiger partial charge in [-0.05, 0) is 32.0 Å². The van der Waals surface area contributed by atoms with Crippen molar-refractivity contribution in [3.63, 3.8) is 0 Å². The van der Waals surface area contributed by atoms with Gasteiger partial charge in [0.05, 0.1) is 23.4 Å². The minimum absolute atomic E-state index is 0.301. The molecule has 0 bridgehead atoms. The second-order valence-electron chi connectivity index (χ2n) is 4.92. The summed E-state index contributed by atoms with van der Waals surface area (Å²) in [6, 6.07) is 5.91. The molecule has 102 valence electrons. The molecule has 0 unspecified atom stereocenters. The number of anilines is 2. The molecule has 2 aromatic heterocycles. The maximum Gasteiger partial charge on any atom is 0.159 e. The number of rotatable bonds is 3. The van der Waals surface area contributed by atoms with Gasteiger partial charge in [-0.3, -0.25) is 9.55 Å². The third-order valence-electron chi connectivity index (χ3n) is 2.88. The molecule has 3 rings (SSSR count). The Morgan fingerprint density at radius 2 is 2.10 bits per heavy atom. The van der Waals surface area contributed by atoms with Gasteiger partial charge in [-0.15, -0.1) is 0 Å². The van der Waals surface area contributed by atoms with Crippen LogP contribution in [0.4, 0.5) is 11.5 Å². The first kappa shape index (κ1) is 12.4. The number of nitrogens with two attached hydrogens (primary N) is 1. The SMILES string of the molecule is CC(C)Nc1cncc(-n2cnc3ccc(N)cc32)n1. The Hall–Kier alpha value is -2.63. The minimum Gasteiger partial charge on any atom is -0.399 e. The van der Waals surface area contributed by atoms with Crippen molar-refractivity contribution in [2.24, 2.45) is 0 Å². The van der Waals surface area contributed by atoms with Crippen molar-refractivity contribution >= 4 is 22.5 Å². The van der Waals surface area contributed by atoms with Gasteiger partial charge in [0.15, 0.2) is 5.82 Å². The lowest BCUT2D eigenvalue weighted by Crippen LogP contribution is -2.12. The molecule has 0 radical (unpaired) electrons. The van der Waals surface area contributed by atoms with E-state index in [0.29, 0.717) is 17.5 Å². The fourth-order valence-electron chi connectivity index (χ4n) is 2.04. The van der Waals surface area contributed by atoms with Crippen LogP contribution in [0.1, 0.15) is 13.8 Å². The molecule has 0 saturated heterocycles.